The van der Waals surface area contributed by atoms with Gasteiger partial charge in [-0.25, -0.2) is 0 Å². The number of hydrogen-bond acceptors (Lipinski definition) is 2. The van der Waals surface area contributed by atoms with Gasteiger partial charge in [0.15, 0.2) is 0 Å². The minimum atomic E-state index is -0.312. The van der Waals surface area contributed by atoms with E-state index in [1.54, 1.807) is 6.92 Å². The predicted molar refractivity (Wildman–Crippen MR) is 44.8 cm³/mol. The van der Waals surface area contributed by atoms with Gasteiger partial charge in [-0.3, -0.25) is 0 Å². The summed E-state index contributed by atoms with van der Waals surface area (Å²) in [5.41, 5.74) is -0.0795. The maximum Gasteiger partial charge on any atom is 0.0908 e. The van der Waals surface area contributed by atoms with Gasteiger partial charge >= 0.3 is 0 Å². The molecule has 1 unspecified atom stereocenters. The molecule has 0 aliphatic carbocycles. The summed E-state index contributed by atoms with van der Waals surface area (Å²) in [4.78, 5) is 0. The van der Waals surface area contributed by atoms with Crippen LogP contribution in [0.1, 0.15) is 27.2 Å². The van der Waals surface area contributed by atoms with Crippen molar-refractivity contribution in [3.05, 3.63) is 12.2 Å². The van der Waals surface area contributed by atoms with Crippen LogP contribution >= 0.6 is 0 Å². The summed E-state index contributed by atoms with van der Waals surface area (Å²) in [6, 6.07) is 1.93. The van der Waals surface area contributed by atoms with Crippen LogP contribution in [0.25, 0.3) is 0 Å². The Hall–Kier alpha value is -0.810. The summed E-state index contributed by atoms with van der Waals surface area (Å²) in [6.45, 7) is 5.74. The molecule has 0 rings (SSSR count). The normalized spacial score (nSPS) is 14.8. The molecule has 1 atom stereocenters. The van der Waals surface area contributed by atoms with Crippen molar-refractivity contribution in [2.24, 2.45) is 5.41 Å². The summed E-state index contributed by atoms with van der Waals surface area (Å²) in [5.74, 6) is 0. The Kier molecular flexibility index (Phi) is 3.84. The first-order valence-electron chi connectivity index (χ1n) is 3.73. The molecular formula is C9H15NO. The van der Waals surface area contributed by atoms with E-state index in [2.05, 4.69) is 0 Å². The smallest absolute Gasteiger partial charge is 0.0908 e. The molecule has 0 fully saturated rings. The molecule has 0 bridgehead atoms. The van der Waals surface area contributed by atoms with Crippen LogP contribution < -0.4 is 0 Å². The molecule has 0 aromatic rings. The van der Waals surface area contributed by atoms with E-state index >= 15 is 0 Å². The van der Waals surface area contributed by atoms with Gasteiger partial charge in [0.25, 0.3) is 0 Å². The van der Waals surface area contributed by atoms with Crippen LogP contribution in [-0.4, -0.2) is 11.2 Å². The lowest BCUT2D eigenvalue weighted by Crippen LogP contribution is -2.15. The van der Waals surface area contributed by atoms with Crippen LogP contribution in [0, 0.1) is 16.7 Å². The molecule has 0 aromatic carbocycles. The van der Waals surface area contributed by atoms with Crippen molar-refractivity contribution in [1.29, 1.82) is 5.26 Å². The molecule has 2 nitrogen and oxygen atoms in total. The monoisotopic (exact) mass is 153 g/mol. The standard InChI is InChI=1S/C9H15NO/c1-8(11)7-9(2,3)5-4-6-10/h4-5,8,11H,7H2,1-3H3/b5-4-. The van der Waals surface area contributed by atoms with Gasteiger partial charge in [-0.1, -0.05) is 19.9 Å². The number of nitriles is 1. The van der Waals surface area contributed by atoms with E-state index in [1.165, 1.54) is 6.08 Å². The van der Waals surface area contributed by atoms with Gasteiger partial charge in [-0.2, -0.15) is 5.26 Å². The Bertz CT molecular complexity index is 174. The fraction of sp³-hybridized carbons (Fsp3) is 0.667. The van der Waals surface area contributed by atoms with Gasteiger partial charge in [0, 0.05) is 6.08 Å². The topological polar surface area (TPSA) is 44.0 Å². The van der Waals surface area contributed by atoms with Crippen molar-refractivity contribution in [3.8, 4) is 6.07 Å². The Morgan fingerprint density at radius 1 is 1.64 bits per heavy atom. The zero-order valence-corrected chi connectivity index (χ0v) is 7.33. The summed E-state index contributed by atoms with van der Waals surface area (Å²) in [5, 5.41) is 17.3. The molecule has 0 saturated heterocycles. The summed E-state index contributed by atoms with van der Waals surface area (Å²) in [6.07, 6.45) is 3.65. The second-order valence-electron chi connectivity index (χ2n) is 3.50. The van der Waals surface area contributed by atoms with Gasteiger partial charge in [-0.15, -0.1) is 0 Å². The molecule has 0 radical (unpaired) electrons. The molecule has 11 heavy (non-hydrogen) atoms. The number of rotatable bonds is 3. The lowest BCUT2D eigenvalue weighted by atomic mass is 9.87. The van der Waals surface area contributed by atoms with Crippen molar-refractivity contribution in [3.63, 3.8) is 0 Å². The minimum absolute atomic E-state index is 0.0795. The van der Waals surface area contributed by atoms with Crippen LogP contribution in [0.4, 0.5) is 0 Å². The van der Waals surface area contributed by atoms with Crippen molar-refractivity contribution >= 4 is 0 Å². The molecule has 2 heteroatoms. The van der Waals surface area contributed by atoms with Crippen LogP contribution in [0.15, 0.2) is 12.2 Å². The highest BCUT2D eigenvalue weighted by Crippen LogP contribution is 2.23. The maximum atomic E-state index is 9.07. The minimum Gasteiger partial charge on any atom is -0.393 e. The van der Waals surface area contributed by atoms with E-state index in [9.17, 15) is 0 Å². The Balaban J connectivity index is 4.02. The summed E-state index contributed by atoms with van der Waals surface area (Å²) >= 11 is 0. The highest BCUT2D eigenvalue weighted by Gasteiger charge is 2.15. The van der Waals surface area contributed by atoms with Crippen molar-refractivity contribution in [2.45, 2.75) is 33.3 Å². The Labute approximate surface area is 68.2 Å². The van der Waals surface area contributed by atoms with E-state index < -0.39 is 0 Å². The first kappa shape index (κ1) is 10.2. The zero-order chi connectivity index (χ0) is 8.91. The molecule has 0 aromatic heterocycles. The molecule has 0 spiro atoms. The van der Waals surface area contributed by atoms with Gasteiger partial charge < -0.3 is 5.11 Å². The average molecular weight is 153 g/mol. The van der Waals surface area contributed by atoms with Gasteiger partial charge in [0.2, 0.25) is 0 Å². The third kappa shape index (κ3) is 5.63. The second-order valence-corrected chi connectivity index (χ2v) is 3.50. The fourth-order valence-corrected chi connectivity index (χ4v) is 1.09. The lowest BCUT2D eigenvalue weighted by Gasteiger charge is -2.20. The third-order valence-electron chi connectivity index (χ3n) is 1.43. The van der Waals surface area contributed by atoms with Crippen LogP contribution in [-0.2, 0) is 0 Å². The number of aliphatic hydroxyl groups is 1. The van der Waals surface area contributed by atoms with E-state index in [0.29, 0.717) is 6.42 Å². The second kappa shape index (κ2) is 4.15. The van der Waals surface area contributed by atoms with Gasteiger partial charge in [0.1, 0.15) is 0 Å². The van der Waals surface area contributed by atoms with Crippen LogP contribution in [0.2, 0.25) is 0 Å². The summed E-state index contributed by atoms with van der Waals surface area (Å²) < 4.78 is 0. The largest absolute Gasteiger partial charge is 0.393 e. The summed E-state index contributed by atoms with van der Waals surface area (Å²) in [7, 11) is 0. The maximum absolute atomic E-state index is 9.07. The zero-order valence-electron chi connectivity index (χ0n) is 7.33. The predicted octanol–water partition coefficient (Wildman–Crippen LogP) is 1.86. The lowest BCUT2D eigenvalue weighted by molar-refractivity contribution is 0.148. The van der Waals surface area contributed by atoms with E-state index in [0.717, 1.165) is 0 Å². The number of aliphatic hydroxyl groups excluding tert-OH is 1. The molecule has 62 valence electrons. The van der Waals surface area contributed by atoms with Crippen LogP contribution in [0.5, 0.6) is 0 Å². The van der Waals surface area contributed by atoms with Crippen LogP contribution in [0.3, 0.4) is 0 Å². The highest BCUT2D eigenvalue weighted by atomic mass is 16.3. The quantitative estimate of drug-likeness (QED) is 0.629. The van der Waals surface area contributed by atoms with E-state index in [1.807, 2.05) is 26.0 Å². The molecular weight excluding hydrogens is 138 g/mol. The van der Waals surface area contributed by atoms with Gasteiger partial charge in [0.05, 0.1) is 12.2 Å². The highest BCUT2D eigenvalue weighted by molar-refractivity contribution is 5.07. The Morgan fingerprint density at radius 3 is 2.55 bits per heavy atom. The molecule has 0 heterocycles. The van der Waals surface area contributed by atoms with Crippen molar-refractivity contribution in [1.82, 2.24) is 0 Å². The Morgan fingerprint density at radius 2 is 2.18 bits per heavy atom. The van der Waals surface area contributed by atoms with E-state index in [4.69, 9.17) is 10.4 Å². The molecule has 0 aliphatic heterocycles. The molecule has 1 N–H and O–H groups in total. The first-order valence-corrected chi connectivity index (χ1v) is 3.73. The fourth-order valence-electron chi connectivity index (χ4n) is 1.09. The molecule has 0 saturated carbocycles. The van der Waals surface area contributed by atoms with Crippen molar-refractivity contribution < 1.29 is 5.11 Å². The van der Waals surface area contributed by atoms with Crippen molar-refractivity contribution in [2.75, 3.05) is 0 Å². The number of nitrogens with zero attached hydrogens (tertiary/aromatic N) is 1. The molecule has 0 aliphatic rings. The SMILES string of the molecule is CC(O)CC(C)(C)/C=C\C#N. The third-order valence-corrected chi connectivity index (χ3v) is 1.43. The average Bonchev–Trinajstić information content (AvgIpc) is 1.81. The van der Waals surface area contributed by atoms with E-state index in [-0.39, 0.29) is 11.5 Å². The number of hydrogen-bond donors (Lipinski definition) is 1. The first-order chi connectivity index (χ1) is 4.98. The molecule has 0 amide bonds. The number of allylic oxidation sites excluding steroid dienone is 2. The van der Waals surface area contributed by atoms with Gasteiger partial charge in [-0.05, 0) is 18.8 Å².